The average Bonchev–Trinajstić information content (AvgIpc) is 2.60. The molecule has 0 N–H and O–H groups in total. The molecule has 2 aliphatic heterocycles. The molecule has 2 saturated heterocycles. The van der Waals surface area contributed by atoms with Crippen LogP contribution >= 0.6 is 0 Å². The molecule has 0 aromatic rings. The van der Waals surface area contributed by atoms with Gasteiger partial charge >= 0.3 is 0 Å². The Balaban J connectivity index is 1.93. The molecule has 0 radical (unpaired) electrons. The van der Waals surface area contributed by atoms with Crippen LogP contribution in [0.25, 0.3) is 0 Å². The third kappa shape index (κ3) is 1.98. The summed E-state index contributed by atoms with van der Waals surface area (Å²) in [5, 5.41) is 8.66. The largest absolute Gasteiger partial charge is 0.337 e. The topological polar surface area (TPSA) is 47.3 Å². The van der Waals surface area contributed by atoms with Gasteiger partial charge in [0.25, 0.3) is 0 Å². The van der Waals surface area contributed by atoms with E-state index < -0.39 is 0 Å². The third-order valence-electron chi connectivity index (χ3n) is 3.54. The van der Waals surface area contributed by atoms with Crippen molar-refractivity contribution < 1.29 is 4.79 Å². The van der Waals surface area contributed by atoms with Crippen molar-refractivity contribution in [3.05, 3.63) is 0 Å². The molecule has 15 heavy (non-hydrogen) atoms. The molecular weight excluding hydrogens is 190 g/mol. The lowest BCUT2D eigenvalue weighted by atomic mass is 10.1. The van der Waals surface area contributed by atoms with Gasteiger partial charge in [-0.1, -0.05) is 0 Å². The summed E-state index contributed by atoms with van der Waals surface area (Å²) in [6.07, 6.45) is 2.29. The van der Waals surface area contributed by atoms with E-state index in [4.69, 9.17) is 5.26 Å². The Kier molecular flexibility index (Phi) is 2.92. The van der Waals surface area contributed by atoms with Crippen LogP contribution in [0.1, 0.15) is 26.2 Å². The monoisotopic (exact) mass is 207 g/mol. The number of hydrogen-bond donors (Lipinski definition) is 0. The van der Waals surface area contributed by atoms with Crippen molar-refractivity contribution >= 4 is 5.91 Å². The van der Waals surface area contributed by atoms with Crippen LogP contribution < -0.4 is 0 Å². The summed E-state index contributed by atoms with van der Waals surface area (Å²) in [5.74, 6) is 0.313. The van der Waals surface area contributed by atoms with Crippen LogP contribution in [0.2, 0.25) is 0 Å². The normalized spacial score (nSPS) is 28.7. The first-order valence-corrected chi connectivity index (χ1v) is 5.63. The number of nitriles is 1. The first kappa shape index (κ1) is 10.4. The molecule has 1 amide bonds. The van der Waals surface area contributed by atoms with Gasteiger partial charge in [-0.25, -0.2) is 0 Å². The number of hydrogen-bond acceptors (Lipinski definition) is 3. The number of piperazine rings is 1. The maximum absolute atomic E-state index is 11.5. The number of amides is 1. The summed E-state index contributed by atoms with van der Waals surface area (Å²) >= 11 is 0. The van der Waals surface area contributed by atoms with E-state index in [2.05, 4.69) is 17.9 Å². The Hall–Kier alpha value is -1.08. The van der Waals surface area contributed by atoms with Gasteiger partial charge in [0, 0.05) is 38.1 Å². The highest BCUT2D eigenvalue weighted by atomic mass is 16.2. The molecule has 0 aromatic carbocycles. The Morgan fingerprint density at radius 1 is 1.60 bits per heavy atom. The molecule has 2 unspecified atom stereocenters. The molecule has 82 valence electrons. The van der Waals surface area contributed by atoms with Gasteiger partial charge in [-0.05, 0) is 13.3 Å². The second-order valence-corrected chi connectivity index (χ2v) is 4.49. The van der Waals surface area contributed by atoms with Crippen molar-refractivity contribution in [1.82, 2.24) is 9.80 Å². The van der Waals surface area contributed by atoms with Gasteiger partial charge in [-0.2, -0.15) is 5.26 Å². The van der Waals surface area contributed by atoms with Crippen LogP contribution in [-0.2, 0) is 4.79 Å². The van der Waals surface area contributed by atoms with E-state index in [1.807, 2.05) is 4.90 Å². The number of fused-ring (bicyclic) bond motifs is 1. The van der Waals surface area contributed by atoms with E-state index in [1.54, 1.807) is 0 Å². The number of nitrogens with zero attached hydrogens (tertiary/aromatic N) is 3. The number of carbonyl (C=O) groups is 1. The molecule has 0 bridgehead atoms. The number of carbonyl (C=O) groups excluding carboxylic acids is 1. The molecule has 0 spiro atoms. The van der Waals surface area contributed by atoms with Crippen molar-refractivity contribution in [2.45, 2.75) is 38.3 Å². The van der Waals surface area contributed by atoms with Gasteiger partial charge in [-0.3, -0.25) is 9.69 Å². The third-order valence-corrected chi connectivity index (χ3v) is 3.54. The zero-order chi connectivity index (χ0) is 10.8. The molecule has 2 heterocycles. The lowest BCUT2D eigenvalue weighted by molar-refractivity contribution is -0.130. The molecule has 2 atom stereocenters. The van der Waals surface area contributed by atoms with Crippen molar-refractivity contribution in [3.63, 3.8) is 0 Å². The summed E-state index contributed by atoms with van der Waals surface area (Å²) in [4.78, 5) is 15.8. The Morgan fingerprint density at radius 2 is 2.40 bits per heavy atom. The van der Waals surface area contributed by atoms with Crippen molar-refractivity contribution in [2.75, 3.05) is 19.6 Å². The Labute approximate surface area is 90.5 Å². The maximum atomic E-state index is 11.5. The number of rotatable bonds is 2. The first-order valence-electron chi connectivity index (χ1n) is 5.63. The quantitative estimate of drug-likeness (QED) is 0.666. The van der Waals surface area contributed by atoms with Crippen LogP contribution in [0.3, 0.4) is 0 Å². The summed E-state index contributed by atoms with van der Waals surface area (Å²) in [6, 6.07) is 2.95. The van der Waals surface area contributed by atoms with Crippen LogP contribution in [0.4, 0.5) is 0 Å². The van der Waals surface area contributed by atoms with Gasteiger partial charge in [0.15, 0.2) is 0 Å². The smallest absolute Gasteiger partial charge is 0.222 e. The average molecular weight is 207 g/mol. The lowest BCUT2D eigenvalue weighted by Crippen LogP contribution is -2.53. The predicted octanol–water partition coefficient (Wildman–Crippen LogP) is 0.595. The minimum Gasteiger partial charge on any atom is -0.337 e. The van der Waals surface area contributed by atoms with Gasteiger partial charge in [-0.15, -0.1) is 0 Å². The van der Waals surface area contributed by atoms with Crippen LogP contribution in [-0.4, -0.2) is 47.4 Å². The molecule has 0 saturated carbocycles. The van der Waals surface area contributed by atoms with Gasteiger partial charge in [0.05, 0.1) is 12.5 Å². The van der Waals surface area contributed by atoms with Crippen molar-refractivity contribution in [3.8, 4) is 6.07 Å². The van der Waals surface area contributed by atoms with E-state index in [9.17, 15) is 4.79 Å². The standard InChI is InChI=1S/C11H17N3O/c1-9(4-5-12)13-6-7-14-10(8-13)2-3-11(14)15/h9-10H,2-4,6-8H2,1H3. The molecular formula is C11H17N3O. The molecule has 4 heteroatoms. The zero-order valence-corrected chi connectivity index (χ0v) is 9.15. The highest BCUT2D eigenvalue weighted by Crippen LogP contribution is 2.24. The fourth-order valence-electron chi connectivity index (χ4n) is 2.55. The van der Waals surface area contributed by atoms with E-state index in [0.717, 1.165) is 26.1 Å². The summed E-state index contributed by atoms with van der Waals surface area (Å²) in [7, 11) is 0. The highest BCUT2D eigenvalue weighted by Gasteiger charge is 2.36. The molecule has 0 aliphatic carbocycles. The van der Waals surface area contributed by atoms with E-state index in [-0.39, 0.29) is 0 Å². The minimum atomic E-state index is 0.313. The summed E-state index contributed by atoms with van der Waals surface area (Å²) in [6.45, 7) is 4.81. The van der Waals surface area contributed by atoms with Gasteiger partial charge < -0.3 is 4.90 Å². The molecule has 2 aliphatic rings. The summed E-state index contributed by atoms with van der Waals surface area (Å²) in [5.41, 5.74) is 0. The fraction of sp³-hybridized carbons (Fsp3) is 0.818. The van der Waals surface area contributed by atoms with Crippen LogP contribution in [0.15, 0.2) is 0 Å². The van der Waals surface area contributed by atoms with Crippen LogP contribution in [0, 0.1) is 11.3 Å². The molecule has 4 nitrogen and oxygen atoms in total. The molecule has 2 rings (SSSR count). The highest BCUT2D eigenvalue weighted by molar-refractivity contribution is 5.78. The molecule has 2 fully saturated rings. The summed E-state index contributed by atoms with van der Waals surface area (Å²) < 4.78 is 0. The predicted molar refractivity (Wildman–Crippen MR) is 56.0 cm³/mol. The second-order valence-electron chi connectivity index (χ2n) is 4.49. The van der Waals surface area contributed by atoms with E-state index in [0.29, 0.717) is 30.8 Å². The lowest BCUT2D eigenvalue weighted by Gasteiger charge is -2.40. The van der Waals surface area contributed by atoms with Gasteiger partial charge in [0.1, 0.15) is 0 Å². The van der Waals surface area contributed by atoms with Gasteiger partial charge in [0.2, 0.25) is 5.91 Å². The minimum absolute atomic E-state index is 0.313. The van der Waals surface area contributed by atoms with E-state index in [1.165, 1.54) is 0 Å². The van der Waals surface area contributed by atoms with Crippen molar-refractivity contribution in [2.24, 2.45) is 0 Å². The Morgan fingerprint density at radius 3 is 3.13 bits per heavy atom. The fourth-order valence-corrected chi connectivity index (χ4v) is 2.55. The first-order chi connectivity index (χ1) is 7.22. The Bertz CT molecular complexity index is 297. The maximum Gasteiger partial charge on any atom is 0.222 e. The second kappa shape index (κ2) is 4.19. The SMILES string of the molecule is CC(CC#N)N1CCN2C(=O)CCC2C1. The van der Waals surface area contributed by atoms with Crippen molar-refractivity contribution in [1.29, 1.82) is 5.26 Å². The zero-order valence-electron chi connectivity index (χ0n) is 9.15. The molecule has 0 aromatic heterocycles. The van der Waals surface area contributed by atoms with E-state index >= 15 is 0 Å². The van der Waals surface area contributed by atoms with Crippen LogP contribution in [0.5, 0.6) is 0 Å².